The van der Waals surface area contributed by atoms with Crippen molar-refractivity contribution in [2.45, 2.75) is 19.8 Å². The first-order chi connectivity index (χ1) is 9.56. The van der Waals surface area contributed by atoms with E-state index in [1.54, 1.807) is 13.0 Å². The molecule has 1 aromatic heterocycles. The Morgan fingerprint density at radius 3 is 2.45 bits per heavy atom. The Balaban J connectivity index is 1.82. The van der Waals surface area contributed by atoms with Gasteiger partial charge in [0.2, 0.25) is 5.91 Å². The number of rotatable bonds is 3. The highest BCUT2D eigenvalue weighted by molar-refractivity contribution is 5.95. The molecule has 0 aromatic carbocycles. The van der Waals surface area contributed by atoms with Gasteiger partial charge >= 0.3 is 0 Å². The van der Waals surface area contributed by atoms with Crippen molar-refractivity contribution >= 4 is 17.7 Å². The largest absolute Gasteiger partial charge is 0.550 e. The van der Waals surface area contributed by atoms with Gasteiger partial charge in [0.15, 0.2) is 5.82 Å². The number of carbonyl (C=O) groups is 2. The zero-order chi connectivity index (χ0) is 14.3. The van der Waals surface area contributed by atoms with Crippen LogP contribution >= 0.6 is 0 Å². The van der Waals surface area contributed by atoms with Crippen molar-refractivity contribution < 1.29 is 19.2 Å². The van der Waals surface area contributed by atoms with Crippen LogP contribution in [0.1, 0.15) is 18.6 Å². The van der Waals surface area contributed by atoms with E-state index in [2.05, 4.69) is 10.5 Å². The van der Waals surface area contributed by atoms with E-state index in [1.807, 2.05) is 12.2 Å². The normalized spacial score (nSPS) is 31.2. The third-order valence-corrected chi connectivity index (χ3v) is 4.20. The molecule has 0 aliphatic heterocycles. The fourth-order valence-electron chi connectivity index (χ4n) is 3.31. The van der Waals surface area contributed by atoms with Crippen LogP contribution < -0.4 is 10.4 Å². The molecule has 6 heteroatoms. The Hall–Kier alpha value is -2.11. The summed E-state index contributed by atoms with van der Waals surface area (Å²) in [5.41, 5.74) is 0. The summed E-state index contributed by atoms with van der Waals surface area (Å²) in [6.07, 6.45) is 5.48. The van der Waals surface area contributed by atoms with Crippen molar-refractivity contribution in [1.29, 1.82) is 0 Å². The minimum Gasteiger partial charge on any atom is -0.550 e. The summed E-state index contributed by atoms with van der Waals surface area (Å²) in [6.45, 7) is 1.72. The van der Waals surface area contributed by atoms with Crippen molar-refractivity contribution in [3.05, 3.63) is 24.0 Å². The summed E-state index contributed by atoms with van der Waals surface area (Å²) < 4.78 is 4.88. The second kappa shape index (κ2) is 4.77. The fraction of sp³-hybridized carbons (Fsp3) is 0.500. The maximum atomic E-state index is 12.4. The number of hydrogen-bond acceptors (Lipinski definition) is 5. The molecule has 20 heavy (non-hydrogen) atoms. The van der Waals surface area contributed by atoms with Crippen molar-refractivity contribution in [2.75, 3.05) is 5.32 Å². The number of carboxylic acid groups (broad SMARTS) is 1. The summed E-state index contributed by atoms with van der Waals surface area (Å²) in [7, 11) is 0. The molecular weight excluding hydrogens is 260 g/mol. The maximum absolute atomic E-state index is 12.4. The zero-order valence-electron chi connectivity index (χ0n) is 11.0. The summed E-state index contributed by atoms with van der Waals surface area (Å²) in [5, 5.41) is 17.7. The molecule has 1 aromatic rings. The number of fused-ring (bicyclic) bond motifs is 2. The number of carbonyl (C=O) groups excluding carboxylic acids is 2. The van der Waals surface area contributed by atoms with Crippen LogP contribution in [0.15, 0.2) is 22.7 Å². The lowest BCUT2D eigenvalue weighted by atomic mass is 9.62. The lowest BCUT2D eigenvalue weighted by Gasteiger charge is -2.44. The van der Waals surface area contributed by atoms with E-state index in [0.29, 0.717) is 11.6 Å². The fourth-order valence-corrected chi connectivity index (χ4v) is 3.31. The number of nitrogens with zero attached hydrogens (tertiary/aromatic N) is 1. The molecule has 2 bridgehead atoms. The molecule has 1 heterocycles. The number of aryl methyl sites for hydroxylation is 1. The molecular formula is C14H15N2O4-. The minimum absolute atomic E-state index is 0.0455. The topological polar surface area (TPSA) is 95.3 Å². The first kappa shape index (κ1) is 12.9. The second-order valence-corrected chi connectivity index (χ2v) is 5.47. The average molecular weight is 275 g/mol. The molecule has 6 nitrogen and oxygen atoms in total. The van der Waals surface area contributed by atoms with Gasteiger partial charge in [-0.1, -0.05) is 17.3 Å². The van der Waals surface area contributed by atoms with Crippen LogP contribution in [0.25, 0.3) is 0 Å². The minimum atomic E-state index is -1.15. The molecule has 1 saturated carbocycles. The predicted molar refractivity (Wildman–Crippen MR) is 67.2 cm³/mol. The second-order valence-electron chi connectivity index (χ2n) is 5.47. The lowest BCUT2D eigenvalue weighted by molar-refractivity contribution is -0.316. The van der Waals surface area contributed by atoms with E-state index in [9.17, 15) is 14.7 Å². The predicted octanol–water partition coefficient (Wildman–Crippen LogP) is 0.500. The molecule has 0 spiro atoms. The van der Waals surface area contributed by atoms with Crippen LogP contribution in [0.3, 0.4) is 0 Å². The van der Waals surface area contributed by atoms with E-state index < -0.39 is 17.8 Å². The van der Waals surface area contributed by atoms with Gasteiger partial charge in [0, 0.05) is 18.0 Å². The molecule has 4 rings (SSSR count). The van der Waals surface area contributed by atoms with Crippen molar-refractivity contribution in [1.82, 2.24) is 5.16 Å². The van der Waals surface area contributed by atoms with Gasteiger partial charge in [0.25, 0.3) is 0 Å². The van der Waals surface area contributed by atoms with Crippen molar-refractivity contribution in [3.8, 4) is 0 Å². The van der Waals surface area contributed by atoms with Crippen LogP contribution in [0.4, 0.5) is 5.82 Å². The highest BCUT2D eigenvalue weighted by Gasteiger charge is 2.45. The first-order valence-electron chi connectivity index (χ1n) is 6.69. The molecule has 0 saturated heterocycles. The zero-order valence-corrected chi connectivity index (χ0v) is 11.0. The Labute approximate surface area is 115 Å². The standard InChI is InChI=1S/C14H16N2O4/c1-7-6-10(16-20-7)15-13(17)11-8-2-4-9(5-3-8)12(11)14(18)19/h2,4,6,8-9,11-12H,3,5H2,1H3,(H,18,19)(H,15,16,17)/p-1/t8-,9-,11-,12+/m1/s1. The monoisotopic (exact) mass is 275 g/mol. The first-order valence-corrected chi connectivity index (χ1v) is 6.69. The number of aliphatic carboxylic acids is 1. The molecule has 3 aliphatic rings. The number of anilines is 1. The van der Waals surface area contributed by atoms with Gasteiger partial charge in [-0.15, -0.1) is 0 Å². The van der Waals surface area contributed by atoms with E-state index in [-0.39, 0.29) is 17.7 Å². The van der Waals surface area contributed by atoms with E-state index >= 15 is 0 Å². The van der Waals surface area contributed by atoms with Crippen LogP contribution in [0.5, 0.6) is 0 Å². The Bertz CT molecular complexity index is 577. The molecule has 106 valence electrons. The number of allylic oxidation sites excluding steroid dienone is 2. The van der Waals surface area contributed by atoms with Gasteiger partial charge in [-0.2, -0.15) is 0 Å². The SMILES string of the molecule is Cc1cc(NC(=O)[C@H]2[C@@H](C(=O)[O-])[C@@H]3C=C[C@@H]2CC3)no1. The average Bonchev–Trinajstić information content (AvgIpc) is 2.84. The Morgan fingerprint density at radius 2 is 1.95 bits per heavy atom. The van der Waals surface area contributed by atoms with Gasteiger partial charge in [0.1, 0.15) is 5.76 Å². The van der Waals surface area contributed by atoms with E-state index in [1.165, 1.54) is 0 Å². The van der Waals surface area contributed by atoms with E-state index in [0.717, 1.165) is 12.8 Å². The third kappa shape index (κ3) is 2.11. The van der Waals surface area contributed by atoms with Crippen molar-refractivity contribution in [2.24, 2.45) is 23.7 Å². The number of carboxylic acids is 1. The number of nitrogens with one attached hydrogen (secondary N) is 1. The van der Waals surface area contributed by atoms with Gasteiger partial charge in [-0.3, -0.25) is 4.79 Å². The van der Waals surface area contributed by atoms with Gasteiger partial charge < -0.3 is 19.7 Å². The van der Waals surface area contributed by atoms with Crippen molar-refractivity contribution in [3.63, 3.8) is 0 Å². The van der Waals surface area contributed by atoms with Crippen LogP contribution in [-0.2, 0) is 9.59 Å². The molecule has 1 fully saturated rings. The number of amides is 1. The van der Waals surface area contributed by atoms with Crippen LogP contribution in [0.2, 0.25) is 0 Å². The number of aromatic nitrogens is 1. The highest BCUT2D eigenvalue weighted by Crippen LogP contribution is 2.45. The Kier molecular flexibility index (Phi) is 3.08. The molecule has 4 atom stereocenters. The van der Waals surface area contributed by atoms with E-state index in [4.69, 9.17) is 4.52 Å². The van der Waals surface area contributed by atoms with Gasteiger partial charge in [-0.25, -0.2) is 0 Å². The molecule has 0 unspecified atom stereocenters. The molecule has 3 aliphatic carbocycles. The summed E-state index contributed by atoms with van der Waals surface area (Å²) >= 11 is 0. The molecule has 0 radical (unpaired) electrons. The summed E-state index contributed by atoms with van der Waals surface area (Å²) in [5.74, 6) is -2.09. The van der Waals surface area contributed by atoms with Gasteiger partial charge in [0.05, 0.1) is 5.92 Å². The summed E-state index contributed by atoms with van der Waals surface area (Å²) in [6, 6.07) is 1.60. The molecule has 1 amide bonds. The smallest absolute Gasteiger partial charge is 0.230 e. The number of hydrogen-bond donors (Lipinski definition) is 1. The lowest BCUT2D eigenvalue weighted by Crippen LogP contribution is -2.51. The van der Waals surface area contributed by atoms with Crippen LogP contribution in [-0.4, -0.2) is 17.0 Å². The highest BCUT2D eigenvalue weighted by atomic mass is 16.5. The maximum Gasteiger partial charge on any atom is 0.230 e. The van der Waals surface area contributed by atoms with Gasteiger partial charge in [-0.05, 0) is 31.6 Å². The summed E-state index contributed by atoms with van der Waals surface area (Å²) in [4.78, 5) is 23.7. The van der Waals surface area contributed by atoms with Crippen LogP contribution in [0, 0.1) is 30.6 Å². The quantitative estimate of drug-likeness (QED) is 0.810. The third-order valence-electron chi connectivity index (χ3n) is 4.20. The Morgan fingerprint density at radius 1 is 1.30 bits per heavy atom. The molecule has 1 N–H and O–H groups in total.